The number of nitrogens with zero attached hydrogens (tertiary/aromatic N) is 2. The number of aryl methyl sites for hydroxylation is 1. The lowest BCUT2D eigenvalue weighted by Gasteiger charge is -2.18. The van der Waals surface area contributed by atoms with Crippen LogP contribution in [0, 0.1) is 11.8 Å². The topological polar surface area (TPSA) is 37.8 Å². The van der Waals surface area contributed by atoms with E-state index in [-0.39, 0.29) is 0 Å². The molecule has 2 heterocycles. The van der Waals surface area contributed by atoms with E-state index in [2.05, 4.69) is 22.2 Å². The number of thiophene rings is 1. The molecule has 4 rings (SSSR count). The van der Waals surface area contributed by atoms with Crippen molar-refractivity contribution < 1.29 is 0 Å². The Bertz CT molecular complexity index is 615. The van der Waals surface area contributed by atoms with Gasteiger partial charge in [-0.05, 0) is 49.5 Å². The molecule has 1 N–H and O–H groups in total. The predicted octanol–water partition coefficient (Wildman–Crippen LogP) is 3.64. The number of hydrogen-bond acceptors (Lipinski definition) is 4. The van der Waals surface area contributed by atoms with Gasteiger partial charge in [0.15, 0.2) is 0 Å². The van der Waals surface area contributed by atoms with Gasteiger partial charge in [-0.1, -0.05) is 6.92 Å². The Hall–Kier alpha value is -1.16. The van der Waals surface area contributed by atoms with Gasteiger partial charge in [-0.25, -0.2) is 9.97 Å². The Morgan fingerprint density at radius 3 is 3.05 bits per heavy atom. The van der Waals surface area contributed by atoms with Crippen LogP contribution in [-0.2, 0) is 12.8 Å². The molecule has 0 bridgehead atoms. The molecular formula is C15H19N3S. The Labute approximate surface area is 117 Å². The largest absolute Gasteiger partial charge is 0.369 e. The molecule has 0 radical (unpaired) electrons. The second kappa shape index (κ2) is 4.44. The standard InChI is InChI=1S/C15H19N3S/c1-9-2-5-11-12(6-9)19-15-13(11)14(17-8-18-15)16-7-10-3-4-10/h8-10H,2-7H2,1H3,(H,16,17,18)/t9-/m0/s1. The van der Waals surface area contributed by atoms with Crippen molar-refractivity contribution in [2.75, 3.05) is 11.9 Å². The van der Waals surface area contributed by atoms with Gasteiger partial charge in [0.25, 0.3) is 0 Å². The van der Waals surface area contributed by atoms with Gasteiger partial charge < -0.3 is 5.32 Å². The van der Waals surface area contributed by atoms with E-state index in [1.807, 2.05) is 11.3 Å². The number of nitrogens with one attached hydrogen (secondary N) is 1. The summed E-state index contributed by atoms with van der Waals surface area (Å²) >= 11 is 1.88. The monoisotopic (exact) mass is 273 g/mol. The molecule has 1 atom stereocenters. The fourth-order valence-electron chi connectivity index (χ4n) is 2.97. The molecular weight excluding hydrogens is 254 g/mol. The SMILES string of the molecule is C[C@H]1CCc2c(sc3ncnc(NCC4CC4)c23)C1. The summed E-state index contributed by atoms with van der Waals surface area (Å²) in [5.74, 6) is 2.76. The normalized spacial score (nSPS) is 22.5. The molecule has 0 unspecified atom stereocenters. The van der Waals surface area contributed by atoms with Crippen LogP contribution >= 0.6 is 11.3 Å². The van der Waals surface area contributed by atoms with Crippen molar-refractivity contribution in [1.82, 2.24) is 9.97 Å². The van der Waals surface area contributed by atoms with Gasteiger partial charge >= 0.3 is 0 Å². The Morgan fingerprint density at radius 1 is 1.32 bits per heavy atom. The molecule has 0 aromatic carbocycles. The highest BCUT2D eigenvalue weighted by molar-refractivity contribution is 7.19. The zero-order valence-corrected chi connectivity index (χ0v) is 12.1. The summed E-state index contributed by atoms with van der Waals surface area (Å²) in [5.41, 5.74) is 1.52. The van der Waals surface area contributed by atoms with E-state index >= 15 is 0 Å². The van der Waals surface area contributed by atoms with Crippen LogP contribution in [0.1, 0.15) is 36.6 Å². The number of aromatic nitrogens is 2. The first-order valence-electron chi connectivity index (χ1n) is 7.30. The van der Waals surface area contributed by atoms with Gasteiger partial charge in [-0.2, -0.15) is 0 Å². The van der Waals surface area contributed by atoms with Gasteiger partial charge in [-0.15, -0.1) is 11.3 Å². The highest BCUT2D eigenvalue weighted by Gasteiger charge is 2.24. The minimum atomic E-state index is 0.816. The zero-order chi connectivity index (χ0) is 12.8. The second-order valence-corrected chi connectivity index (χ2v) is 7.16. The van der Waals surface area contributed by atoms with Gasteiger partial charge in [0.1, 0.15) is 17.0 Å². The summed E-state index contributed by atoms with van der Waals surface area (Å²) < 4.78 is 0. The molecule has 0 aliphatic heterocycles. The Kier molecular flexibility index (Phi) is 2.72. The number of hydrogen-bond donors (Lipinski definition) is 1. The fourth-order valence-corrected chi connectivity index (χ4v) is 4.32. The van der Waals surface area contributed by atoms with Crippen molar-refractivity contribution >= 4 is 27.4 Å². The fraction of sp³-hybridized carbons (Fsp3) is 0.600. The maximum absolute atomic E-state index is 4.49. The lowest BCUT2D eigenvalue weighted by Crippen LogP contribution is -2.10. The summed E-state index contributed by atoms with van der Waals surface area (Å²) in [6.07, 6.45) is 8.18. The molecule has 2 aliphatic carbocycles. The molecule has 2 aromatic rings. The average molecular weight is 273 g/mol. The second-order valence-electron chi connectivity index (χ2n) is 6.08. The van der Waals surface area contributed by atoms with Crippen LogP contribution in [0.5, 0.6) is 0 Å². The van der Waals surface area contributed by atoms with Crippen molar-refractivity contribution in [3.63, 3.8) is 0 Å². The maximum atomic E-state index is 4.49. The quantitative estimate of drug-likeness (QED) is 0.928. The average Bonchev–Trinajstić information content (AvgIpc) is 3.15. The molecule has 100 valence electrons. The first-order valence-corrected chi connectivity index (χ1v) is 8.12. The van der Waals surface area contributed by atoms with Crippen LogP contribution in [0.3, 0.4) is 0 Å². The molecule has 4 heteroatoms. The molecule has 1 saturated carbocycles. The molecule has 3 nitrogen and oxygen atoms in total. The van der Waals surface area contributed by atoms with Crippen LogP contribution in [0.15, 0.2) is 6.33 Å². The first-order chi connectivity index (χ1) is 9.31. The van der Waals surface area contributed by atoms with Crippen LogP contribution in [0.25, 0.3) is 10.2 Å². The van der Waals surface area contributed by atoms with Gasteiger partial charge in [0.05, 0.1) is 5.39 Å². The van der Waals surface area contributed by atoms with Crippen LogP contribution in [0.2, 0.25) is 0 Å². The summed E-state index contributed by atoms with van der Waals surface area (Å²) in [4.78, 5) is 11.7. The third kappa shape index (κ3) is 2.12. The molecule has 0 saturated heterocycles. The maximum Gasteiger partial charge on any atom is 0.138 e. The van der Waals surface area contributed by atoms with Gasteiger partial charge in [-0.3, -0.25) is 0 Å². The molecule has 2 aliphatic rings. The summed E-state index contributed by atoms with van der Waals surface area (Å²) in [7, 11) is 0. The van der Waals surface area contributed by atoms with E-state index in [1.54, 1.807) is 11.2 Å². The lowest BCUT2D eigenvalue weighted by atomic mass is 9.89. The minimum absolute atomic E-state index is 0.816. The number of anilines is 1. The highest BCUT2D eigenvalue weighted by atomic mass is 32.1. The minimum Gasteiger partial charge on any atom is -0.369 e. The molecule has 19 heavy (non-hydrogen) atoms. The predicted molar refractivity (Wildman–Crippen MR) is 79.8 cm³/mol. The van der Waals surface area contributed by atoms with Crippen LogP contribution < -0.4 is 5.32 Å². The molecule has 2 aromatic heterocycles. The highest BCUT2D eigenvalue weighted by Crippen LogP contribution is 2.40. The van der Waals surface area contributed by atoms with Crippen molar-refractivity contribution in [1.29, 1.82) is 0 Å². The zero-order valence-electron chi connectivity index (χ0n) is 11.3. The smallest absolute Gasteiger partial charge is 0.138 e. The van der Waals surface area contributed by atoms with E-state index < -0.39 is 0 Å². The first kappa shape index (κ1) is 11.6. The van der Waals surface area contributed by atoms with Crippen LogP contribution in [-0.4, -0.2) is 16.5 Å². The molecule has 0 amide bonds. The van der Waals surface area contributed by atoms with Crippen molar-refractivity contribution in [3.05, 3.63) is 16.8 Å². The van der Waals surface area contributed by atoms with E-state index in [1.165, 1.54) is 47.9 Å². The Balaban J connectivity index is 1.75. The van der Waals surface area contributed by atoms with E-state index in [4.69, 9.17) is 0 Å². The van der Waals surface area contributed by atoms with E-state index in [0.717, 1.165) is 24.2 Å². The lowest BCUT2D eigenvalue weighted by molar-refractivity contribution is 0.509. The number of rotatable bonds is 3. The van der Waals surface area contributed by atoms with E-state index in [9.17, 15) is 0 Å². The summed E-state index contributed by atoms with van der Waals surface area (Å²) in [6.45, 7) is 3.43. The summed E-state index contributed by atoms with van der Waals surface area (Å²) in [5, 5.41) is 4.87. The van der Waals surface area contributed by atoms with Crippen molar-refractivity contribution in [2.45, 2.75) is 39.0 Å². The van der Waals surface area contributed by atoms with Crippen molar-refractivity contribution in [2.24, 2.45) is 11.8 Å². The number of fused-ring (bicyclic) bond motifs is 3. The van der Waals surface area contributed by atoms with E-state index in [0.29, 0.717) is 0 Å². The van der Waals surface area contributed by atoms with Gasteiger partial charge in [0.2, 0.25) is 0 Å². The third-order valence-electron chi connectivity index (χ3n) is 4.35. The van der Waals surface area contributed by atoms with Gasteiger partial charge in [0, 0.05) is 11.4 Å². The third-order valence-corrected chi connectivity index (χ3v) is 5.51. The molecule has 1 fully saturated rings. The van der Waals surface area contributed by atoms with Crippen LogP contribution in [0.4, 0.5) is 5.82 Å². The molecule has 0 spiro atoms. The van der Waals surface area contributed by atoms with Crippen molar-refractivity contribution in [3.8, 4) is 0 Å². The summed E-state index contributed by atoms with van der Waals surface area (Å²) in [6, 6.07) is 0. The Morgan fingerprint density at radius 2 is 2.21 bits per heavy atom.